The number of carbonyl (C=O) groups is 1. The van der Waals surface area contributed by atoms with Gasteiger partial charge in [0.15, 0.2) is 0 Å². The van der Waals surface area contributed by atoms with E-state index >= 15 is 0 Å². The standard InChI is InChI=1S/C12H14N2O3/c1-17-12(16)8(13)5-7-6-14-9-3-2-4-10(15)11(7)9/h2-4,6,8,14-15H,5,13H2,1H3. The van der Waals surface area contributed by atoms with Gasteiger partial charge in [-0.3, -0.25) is 4.79 Å². The molecule has 0 saturated carbocycles. The largest absolute Gasteiger partial charge is 0.507 e. The fraction of sp³-hybridized carbons (Fsp3) is 0.250. The molecule has 4 N–H and O–H groups in total. The average Bonchev–Trinajstić information content (AvgIpc) is 2.72. The second kappa shape index (κ2) is 4.47. The summed E-state index contributed by atoms with van der Waals surface area (Å²) in [5.41, 5.74) is 7.31. The topological polar surface area (TPSA) is 88.3 Å². The average molecular weight is 234 g/mol. The van der Waals surface area contributed by atoms with E-state index < -0.39 is 12.0 Å². The van der Waals surface area contributed by atoms with Crippen molar-refractivity contribution in [1.29, 1.82) is 0 Å². The molecule has 1 heterocycles. The van der Waals surface area contributed by atoms with E-state index in [0.717, 1.165) is 11.1 Å². The van der Waals surface area contributed by atoms with Crippen molar-refractivity contribution < 1.29 is 14.6 Å². The Kier molecular flexibility index (Phi) is 3.01. The number of rotatable bonds is 3. The maximum absolute atomic E-state index is 11.2. The number of aromatic nitrogens is 1. The molecule has 1 atom stereocenters. The van der Waals surface area contributed by atoms with Gasteiger partial charge in [0.2, 0.25) is 0 Å². The first-order valence-corrected chi connectivity index (χ1v) is 5.25. The van der Waals surface area contributed by atoms with E-state index in [1.807, 2.05) is 6.07 Å². The van der Waals surface area contributed by atoms with Gasteiger partial charge in [0.1, 0.15) is 11.8 Å². The summed E-state index contributed by atoms with van der Waals surface area (Å²) in [6, 6.07) is 4.47. The van der Waals surface area contributed by atoms with Gasteiger partial charge in [0.05, 0.1) is 7.11 Å². The van der Waals surface area contributed by atoms with Crippen LogP contribution in [0.4, 0.5) is 0 Å². The Morgan fingerprint density at radius 2 is 2.35 bits per heavy atom. The first-order chi connectivity index (χ1) is 8.13. The number of carbonyl (C=O) groups excluding carboxylic acids is 1. The van der Waals surface area contributed by atoms with Crippen molar-refractivity contribution in [2.24, 2.45) is 5.73 Å². The number of nitrogens with two attached hydrogens (primary N) is 1. The highest BCUT2D eigenvalue weighted by atomic mass is 16.5. The molecular formula is C12H14N2O3. The van der Waals surface area contributed by atoms with E-state index in [2.05, 4.69) is 9.72 Å². The Morgan fingerprint density at radius 1 is 1.59 bits per heavy atom. The Balaban J connectivity index is 2.34. The third-order valence-corrected chi connectivity index (χ3v) is 2.71. The van der Waals surface area contributed by atoms with Crippen molar-refractivity contribution in [3.8, 4) is 5.75 Å². The quantitative estimate of drug-likeness (QED) is 0.689. The predicted molar refractivity (Wildman–Crippen MR) is 63.7 cm³/mol. The molecule has 1 unspecified atom stereocenters. The summed E-state index contributed by atoms with van der Waals surface area (Å²) in [6.07, 6.45) is 2.07. The Labute approximate surface area is 98.2 Å². The summed E-state index contributed by atoms with van der Waals surface area (Å²) in [5, 5.41) is 10.5. The molecule has 0 bridgehead atoms. The first-order valence-electron chi connectivity index (χ1n) is 5.25. The minimum atomic E-state index is -0.724. The monoisotopic (exact) mass is 234 g/mol. The number of aromatic hydroxyl groups is 1. The van der Waals surface area contributed by atoms with E-state index in [1.54, 1.807) is 18.3 Å². The third kappa shape index (κ3) is 2.09. The molecule has 2 rings (SSSR count). The van der Waals surface area contributed by atoms with Crippen LogP contribution in [-0.4, -0.2) is 29.2 Å². The highest BCUT2D eigenvalue weighted by Crippen LogP contribution is 2.28. The van der Waals surface area contributed by atoms with Crippen LogP contribution in [-0.2, 0) is 16.0 Å². The number of hydrogen-bond donors (Lipinski definition) is 3. The van der Waals surface area contributed by atoms with E-state index in [1.165, 1.54) is 7.11 Å². The van der Waals surface area contributed by atoms with Gasteiger partial charge in [-0.05, 0) is 17.7 Å². The zero-order chi connectivity index (χ0) is 12.4. The SMILES string of the molecule is COC(=O)C(N)Cc1c[nH]c2cccc(O)c12. The number of methoxy groups -OCH3 is 1. The predicted octanol–water partition coefficient (Wildman–Crippen LogP) is 0.916. The van der Waals surface area contributed by atoms with Gasteiger partial charge in [-0.25, -0.2) is 0 Å². The molecule has 0 amide bonds. The van der Waals surface area contributed by atoms with Gasteiger partial charge in [0.25, 0.3) is 0 Å². The Bertz CT molecular complexity index is 548. The second-order valence-corrected chi connectivity index (χ2v) is 3.85. The zero-order valence-electron chi connectivity index (χ0n) is 9.43. The summed E-state index contributed by atoms with van der Waals surface area (Å²) < 4.78 is 4.57. The van der Waals surface area contributed by atoms with Crippen LogP contribution >= 0.6 is 0 Å². The molecule has 90 valence electrons. The van der Waals surface area contributed by atoms with Crippen molar-refractivity contribution in [3.05, 3.63) is 30.0 Å². The molecule has 0 aliphatic carbocycles. The van der Waals surface area contributed by atoms with Gasteiger partial charge < -0.3 is 20.6 Å². The molecule has 0 aliphatic heterocycles. The summed E-state index contributed by atoms with van der Waals surface area (Å²) >= 11 is 0. The van der Waals surface area contributed by atoms with Crippen LogP contribution in [0.1, 0.15) is 5.56 Å². The van der Waals surface area contributed by atoms with Crippen molar-refractivity contribution in [2.45, 2.75) is 12.5 Å². The molecule has 0 aliphatic rings. The van der Waals surface area contributed by atoms with E-state index in [9.17, 15) is 9.90 Å². The van der Waals surface area contributed by atoms with E-state index in [-0.39, 0.29) is 5.75 Å². The van der Waals surface area contributed by atoms with Crippen molar-refractivity contribution >= 4 is 16.9 Å². The fourth-order valence-corrected chi connectivity index (χ4v) is 1.87. The molecule has 1 aromatic heterocycles. The molecule has 0 fully saturated rings. The Hall–Kier alpha value is -2.01. The molecule has 0 saturated heterocycles. The maximum Gasteiger partial charge on any atom is 0.322 e. The molecule has 5 nitrogen and oxygen atoms in total. The lowest BCUT2D eigenvalue weighted by Crippen LogP contribution is -2.33. The molecule has 17 heavy (non-hydrogen) atoms. The van der Waals surface area contributed by atoms with Gasteiger partial charge in [-0.2, -0.15) is 0 Å². The van der Waals surface area contributed by atoms with Crippen molar-refractivity contribution in [1.82, 2.24) is 4.98 Å². The summed E-state index contributed by atoms with van der Waals surface area (Å²) in [5.74, 6) is -0.286. The molecule has 2 aromatic rings. The lowest BCUT2D eigenvalue weighted by molar-refractivity contribution is -0.142. The van der Waals surface area contributed by atoms with Gasteiger partial charge in [0, 0.05) is 23.5 Å². The highest BCUT2D eigenvalue weighted by molar-refractivity contribution is 5.89. The van der Waals surface area contributed by atoms with Gasteiger partial charge in [-0.15, -0.1) is 0 Å². The molecular weight excluding hydrogens is 220 g/mol. The number of phenols is 1. The summed E-state index contributed by atoms with van der Waals surface area (Å²) in [7, 11) is 1.30. The molecule has 5 heteroatoms. The fourth-order valence-electron chi connectivity index (χ4n) is 1.87. The lowest BCUT2D eigenvalue weighted by atomic mass is 10.1. The number of H-pyrrole nitrogens is 1. The summed E-state index contributed by atoms with van der Waals surface area (Å²) in [6.45, 7) is 0. The normalized spacial score (nSPS) is 12.6. The minimum absolute atomic E-state index is 0.177. The highest BCUT2D eigenvalue weighted by Gasteiger charge is 2.17. The number of ether oxygens (including phenoxy) is 1. The van der Waals surface area contributed by atoms with Crippen LogP contribution in [0.25, 0.3) is 10.9 Å². The molecule has 1 aromatic carbocycles. The van der Waals surface area contributed by atoms with Crippen LogP contribution in [0.5, 0.6) is 5.75 Å². The van der Waals surface area contributed by atoms with Crippen molar-refractivity contribution in [3.63, 3.8) is 0 Å². The number of aromatic amines is 1. The number of phenolic OH excluding ortho intramolecular Hbond substituents is 1. The molecule has 0 spiro atoms. The smallest absolute Gasteiger partial charge is 0.322 e. The number of fused-ring (bicyclic) bond motifs is 1. The first kappa shape index (κ1) is 11.5. The van der Waals surface area contributed by atoms with Crippen LogP contribution in [0.2, 0.25) is 0 Å². The Morgan fingerprint density at radius 3 is 3.06 bits per heavy atom. The maximum atomic E-state index is 11.2. The second-order valence-electron chi connectivity index (χ2n) is 3.85. The van der Waals surface area contributed by atoms with Crippen LogP contribution in [0, 0.1) is 0 Å². The number of esters is 1. The van der Waals surface area contributed by atoms with Crippen molar-refractivity contribution in [2.75, 3.05) is 7.11 Å². The van der Waals surface area contributed by atoms with E-state index in [4.69, 9.17) is 5.73 Å². The zero-order valence-corrected chi connectivity index (χ0v) is 9.43. The van der Waals surface area contributed by atoms with Crippen LogP contribution in [0.15, 0.2) is 24.4 Å². The van der Waals surface area contributed by atoms with Crippen LogP contribution in [0.3, 0.4) is 0 Å². The number of benzene rings is 1. The van der Waals surface area contributed by atoms with E-state index in [0.29, 0.717) is 11.8 Å². The van der Waals surface area contributed by atoms with Crippen LogP contribution < -0.4 is 5.73 Å². The number of nitrogens with one attached hydrogen (secondary N) is 1. The van der Waals surface area contributed by atoms with Gasteiger partial charge in [-0.1, -0.05) is 6.07 Å². The summed E-state index contributed by atoms with van der Waals surface area (Å²) in [4.78, 5) is 14.3. The molecule has 0 radical (unpaired) electrons. The minimum Gasteiger partial charge on any atom is -0.507 e. The van der Waals surface area contributed by atoms with Gasteiger partial charge >= 0.3 is 5.97 Å². The lowest BCUT2D eigenvalue weighted by Gasteiger charge is -2.08. The number of hydrogen-bond acceptors (Lipinski definition) is 4. The third-order valence-electron chi connectivity index (χ3n) is 2.71.